The molecule has 24 heavy (non-hydrogen) atoms. The maximum atomic E-state index is 12.8. The second kappa shape index (κ2) is 5.95. The molecule has 0 aliphatic heterocycles. The Kier molecular flexibility index (Phi) is 3.96. The first-order valence-electron chi connectivity index (χ1n) is 7.13. The van der Waals surface area contributed by atoms with Crippen molar-refractivity contribution in [3.63, 3.8) is 0 Å². The lowest BCUT2D eigenvalue weighted by Gasteiger charge is -2.08. The molecule has 0 unspecified atom stereocenters. The molecule has 5 nitrogen and oxygen atoms in total. The second-order valence-electron chi connectivity index (χ2n) is 5.33. The van der Waals surface area contributed by atoms with Gasteiger partial charge in [0.15, 0.2) is 11.5 Å². The van der Waals surface area contributed by atoms with Gasteiger partial charge in [0, 0.05) is 17.4 Å². The van der Waals surface area contributed by atoms with Gasteiger partial charge in [-0.2, -0.15) is 18.3 Å². The summed E-state index contributed by atoms with van der Waals surface area (Å²) in [7, 11) is 0. The predicted molar refractivity (Wildman–Crippen MR) is 83.4 cm³/mol. The quantitative estimate of drug-likeness (QED) is 0.786. The van der Waals surface area contributed by atoms with Crippen molar-refractivity contribution in [1.29, 1.82) is 0 Å². The molecule has 0 amide bonds. The van der Waals surface area contributed by atoms with E-state index >= 15 is 0 Å². The van der Waals surface area contributed by atoms with Crippen LogP contribution >= 0.6 is 0 Å². The molecule has 0 saturated heterocycles. The minimum absolute atomic E-state index is 0.257. The van der Waals surface area contributed by atoms with Crippen LogP contribution < -0.4 is 5.32 Å². The number of rotatable bonds is 3. The zero-order valence-electron chi connectivity index (χ0n) is 13.0. The van der Waals surface area contributed by atoms with Crippen LogP contribution in [0.25, 0.3) is 5.82 Å². The molecule has 0 aliphatic carbocycles. The SMILES string of the molecule is Cc1ccc(Nc2cc(-n3nc(C(F)(F)F)cc3C)ncn2)cc1. The summed E-state index contributed by atoms with van der Waals surface area (Å²) in [6.07, 6.45) is -3.22. The van der Waals surface area contributed by atoms with E-state index in [-0.39, 0.29) is 5.82 Å². The number of alkyl halides is 3. The molecule has 1 N–H and O–H groups in total. The highest BCUT2D eigenvalue weighted by Crippen LogP contribution is 2.29. The summed E-state index contributed by atoms with van der Waals surface area (Å²) in [6.45, 7) is 3.52. The number of nitrogens with one attached hydrogen (secondary N) is 1. The number of aryl methyl sites for hydroxylation is 2. The molecule has 0 atom stereocenters. The van der Waals surface area contributed by atoms with E-state index in [2.05, 4.69) is 20.4 Å². The number of hydrogen-bond donors (Lipinski definition) is 1. The molecule has 0 fully saturated rings. The van der Waals surface area contributed by atoms with E-state index in [0.717, 1.165) is 22.0 Å². The van der Waals surface area contributed by atoms with E-state index in [0.29, 0.717) is 11.5 Å². The third-order valence-corrected chi connectivity index (χ3v) is 3.37. The van der Waals surface area contributed by atoms with Crippen LogP contribution in [0, 0.1) is 13.8 Å². The molecule has 8 heteroatoms. The van der Waals surface area contributed by atoms with Crippen LogP contribution in [0.5, 0.6) is 0 Å². The molecule has 0 radical (unpaired) electrons. The van der Waals surface area contributed by atoms with Gasteiger partial charge in [-0.3, -0.25) is 0 Å². The summed E-state index contributed by atoms with van der Waals surface area (Å²) in [5.74, 6) is 0.722. The Morgan fingerprint density at radius 1 is 1.00 bits per heavy atom. The summed E-state index contributed by atoms with van der Waals surface area (Å²) in [6, 6.07) is 10.2. The van der Waals surface area contributed by atoms with Crippen LogP contribution in [-0.4, -0.2) is 19.7 Å². The van der Waals surface area contributed by atoms with E-state index in [9.17, 15) is 13.2 Å². The van der Waals surface area contributed by atoms with Crippen molar-refractivity contribution < 1.29 is 13.2 Å². The summed E-state index contributed by atoms with van der Waals surface area (Å²) in [5, 5.41) is 6.67. The Hall–Kier alpha value is -2.90. The number of anilines is 2. The average Bonchev–Trinajstić information content (AvgIpc) is 2.92. The molecular weight excluding hydrogens is 319 g/mol. The van der Waals surface area contributed by atoms with Crippen molar-refractivity contribution in [3.8, 4) is 5.82 Å². The third-order valence-electron chi connectivity index (χ3n) is 3.37. The van der Waals surface area contributed by atoms with Crippen molar-refractivity contribution in [1.82, 2.24) is 19.7 Å². The van der Waals surface area contributed by atoms with Crippen LogP contribution in [-0.2, 0) is 6.18 Å². The van der Waals surface area contributed by atoms with Gasteiger partial charge in [0.05, 0.1) is 0 Å². The highest BCUT2D eigenvalue weighted by Gasteiger charge is 2.34. The first-order chi connectivity index (χ1) is 11.3. The Balaban J connectivity index is 1.90. The van der Waals surface area contributed by atoms with Gasteiger partial charge in [-0.15, -0.1) is 0 Å². The number of benzene rings is 1. The molecule has 1 aromatic carbocycles. The number of halogens is 3. The fraction of sp³-hybridized carbons (Fsp3) is 0.188. The summed E-state index contributed by atoms with van der Waals surface area (Å²) < 4.78 is 39.5. The van der Waals surface area contributed by atoms with Crippen LogP contribution in [0.3, 0.4) is 0 Å². The van der Waals surface area contributed by atoms with Gasteiger partial charge < -0.3 is 5.32 Å². The lowest BCUT2D eigenvalue weighted by atomic mass is 10.2. The monoisotopic (exact) mass is 333 g/mol. The minimum atomic E-state index is -4.49. The number of aromatic nitrogens is 4. The standard InChI is InChI=1S/C16H14F3N5/c1-10-3-5-12(6-4-10)22-14-8-15(21-9-20-14)24-11(2)7-13(23-24)16(17,18)19/h3-9H,1-2H3,(H,20,21,22). The van der Waals surface area contributed by atoms with Gasteiger partial charge in [0.1, 0.15) is 12.1 Å². The van der Waals surface area contributed by atoms with Crippen LogP contribution in [0.1, 0.15) is 17.0 Å². The van der Waals surface area contributed by atoms with Crippen molar-refractivity contribution in [2.75, 3.05) is 5.32 Å². The second-order valence-corrected chi connectivity index (χ2v) is 5.33. The van der Waals surface area contributed by atoms with Crippen molar-refractivity contribution in [3.05, 3.63) is 59.7 Å². The molecule has 0 saturated carbocycles. The van der Waals surface area contributed by atoms with Crippen molar-refractivity contribution >= 4 is 11.5 Å². The van der Waals surface area contributed by atoms with E-state index < -0.39 is 11.9 Å². The Labute approximate surface area is 136 Å². The normalized spacial score (nSPS) is 11.5. The van der Waals surface area contributed by atoms with Gasteiger partial charge in [0.25, 0.3) is 0 Å². The molecule has 0 bridgehead atoms. The zero-order valence-corrected chi connectivity index (χ0v) is 13.0. The predicted octanol–water partition coefficient (Wildman–Crippen LogP) is 4.04. The van der Waals surface area contributed by atoms with E-state index in [1.54, 1.807) is 6.07 Å². The smallest absolute Gasteiger partial charge is 0.340 e. The van der Waals surface area contributed by atoms with Gasteiger partial charge in [-0.1, -0.05) is 17.7 Å². The molecule has 0 spiro atoms. The maximum Gasteiger partial charge on any atom is 0.435 e. The molecule has 0 aliphatic rings. The van der Waals surface area contributed by atoms with Crippen molar-refractivity contribution in [2.45, 2.75) is 20.0 Å². The third kappa shape index (κ3) is 3.37. The maximum absolute atomic E-state index is 12.8. The van der Waals surface area contributed by atoms with Gasteiger partial charge >= 0.3 is 6.18 Å². The Bertz CT molecular complexity index is 853. The number of nitrogens with zero attached hydrogens (tertiary/aromatic N) is 4. The zero-order chi connectivity index (χ0) is 17.3. The van der Waals surface area contributed by atoms with Crippen molar-refractivity contribution in [2.24, 2.45) is 0 Å². The van der Waals surface area contributed by atoms with Gasteiger partial charge in [-0.05, 0) is 32.0 Å². The molecule has 2 heterocycles. The fourth-order valence-electron chi connectivity index (χ4n) is 2.16. The highest BCUT2D eigenvalue weighted by atomic mass is 19.4. The molecule has 2 aromatic heterocycles. The molecule has 3 rings (SSSR count). The number of hydrogen-bond acceptors (Lipinski definition) is 4. The fourth-order valence-corrected chi connectivity index (χ4v) is 2.16. The van der Waals surface area contributed by atoms with E-state index in [1.165, 1.54) is 13.3 Å². The minimum Gasteiger partial charge on any atom is -0.340 e. The molecule has 124 valence electrons. The van der Waals surface area contributed by atoms with Crippen LogP contribution in [0.4, 0.5) is 24.7 Å². The summed E-state index contributed by atoms with van der Waals surface area (Å²) in [5.41, 5.74) is 1.32. The molecule has 3 aromatic rings. The Morgan fingerprint density at radius 2 is 1.71 bits per heavy atom. The van der Waals surface area contributed by atoms with E-state index in [1.807, 2.05) is 31.2 Å². The highest BCUT2D eigenvalue weighted by molar-refractivity contribution is 5.57. The van der Waals surface area contributed by atoms with Crippen LogP contribution in [0.2, 0.25) is 0 Å². The first-order valence-corrected chi connectivity index (χ1v) is 7.13. The topological polar surface area (TPSA) is 55.6 Å². The Morgan fingerprint density at radius 3 is 2.33 bits per heavy atom. The summed E-state index contributed by atoms with van der Waals surface area (Å²) in [4.78, 5) is 8.09. The van der Waals surface area contributed by atoms with Gasteiger partial charge in [-0.25, -0.2) is 14.6 Å². The largest absolute Gasteiger partial charge is 0.435 e. The molecular formula is C16H14F3N5. The van der Waals surface area contributed by atoms with E-state index in [4.69, 9.17) is 0 Å². The summed E-state index contributed by atoms with van der Waals surface area (Å²) >= 11 is 0. The average molecular weight is 333 g/mol. The lowest BCUT2D eigenvalue weighted by molar-refractivity contribution is -0.141. The van der Waals surface area contributed by atoms with Crippen LogP contribution in [0.15, 0.2) is 42.7 Å². The van der Waals surface area contributed by atoms with Gasteiger partial charge in [0.2, 0.25) is 0 Å². The lowest BCUT2D eigenvalue weighted by Crippen LogP contribution is -2.08. The first kappa shape index (κ1) is 16.0.